The zero-order chi connectivity index (χ0) is 24.1. The molecule has 1 amide bonds. The van der Waals surface area contributed by atoms with Crippen molar-refractivity contribution < 1.29 is 18.7 Å². The quantitative estimate of drug-likeness (QED) is 0.336. The highest BCUT2D eigenvalue weighted by Gasteiger charge is 2.18. The number of carbonyl (C=O) groups is 2. The van der Waals surface area contributed by atoms with Gasteiger partial charge in [-0.1, -0.05) is 36.4 Å². The first-order chi connectivity index (χ1) is 16.5. The highest BCUT2D eigenvalue weighted by molar-refractivity contribution is 6.08. The molecule has 0 bridgehead atoms. The van der Waals surface area contributed by atoms with Gasteiger partial charge < -0.3 is 25.5 Å². The molecule has 4 N–H and O–H groups in total. The van der Waals surface area contributed by atoms with Crippen LogP contribution in [0.4, 0.5) is 11.7 Å². The molecular formula is C26H26N4O4. The van der Waals surface area contributed by atoms with Crippen LogP contribution in [-0.2, 0) is 22.5 Å². The second-order valence-corrected chi connectivity index (χ2v) is 7.64. The molecule has 0 aliphatic heterocycles. The van der Waals surface area contributed by atoms with E-state index in [1.54, 1.807) is 44.3 Å². The summed E-state index contributed by atoms with van der Waals surface area (Å²) in [6.45, 7) is 2.45. The smallest absolute Gasteiger partial charge is 0.310 e. The Labute approximate surface area is 197 Å². The van der Waals surface area contributed by atoms with Crippen LogP contribution < -0.4 is 16.4 Å². The Hall–Kier alpha value is -4.17. The minimum absolute atomic E-state index is 0.0648. The van der Waals surface area contributed by atoms with E-state index in [4.69, 9.17) is 14.9 Å². The number of rotatable bonds is 8. The van der Waals surface area contributed by atoms with E-state index in [0.717, 1.165) is 16.7 Å². The highest BCUT2D eigenvalue weighted by atomic mass is 16.5. The molecule has 0 aliphatic rings. The number of benzene rings is 3. The van der Waals surface area contributed by atoms with Gasteiger partial charge in [-0.25, -0.2) is 0 Å². The lowest BCUT2D eigenvalue weighted by molar-refractivity contribution is -0.142. The van der Waals surface area contributed by atoms with E-state index in [1.165, 1.54) is 0 Å². The van der Waals surface area contributed by atoms with E-state index >= 15 is 0 Å². The van der Waals surface area contributed by atoms with Gasteiger partial charge in [-0.2, -0.15) is 4.98 Å². The summed E-state index contributed by atoms with van der Waals surface area (Å²) in [5, 5.41) is 5.82. The maximum absolute atomic E-state index is 13.3. The molecule has 0 spiro atoms. The largest absolute Gasteiger partial charge is 0.466 e. The van der Waals surface area contributed by atoms with Crippen LogP contribution in [0.2, 0.25) is 0 Å². The minimum atomic E-state index is -0.352. The molecule has 0 radical (unpaired) electrons. The predicted molar refractivity (Wildman–Crippen MR) is 132 cm³/mol. The fourth-order valence-electron chi connectivity index (χ4n) is 3.71. The van der Waals surface area contributed by atoms with Crippen LogP contribution in [0.15, 0.2) is 65.1 Å². The molecule has 0 saturated carbocycles. The van der Waals surface area contributed by atoms with Gasteiger partial charge in [0.15, 0.2) is 5.58 Å². The van der Waals surface area contributed by atoms with Crippen molar-refractivity contribution in [2.75, 3.05) is 24.3 Å². The summed E-state index contributed by atoms with van der Waals surface area (Å²) in [7, 11) is 1.72. The first-order valence-electron chi connectivity index (χ1n) is 11.0. The Morgan fingerprint density at radius 1 is 1.09 bits per heavy atom. The molecule has 0 saturated heterocycles. The molecule has 1 heterocycles. The van der Waals surface area contributed by atoms with Gasteiger partial charge in [0, 0.05) is 30.4 Å². The lowest BCUT2D eigenvalue weighted by Crippen LogP contribution is -2.15. The number of nitrogens with zero attached hydrogens (tertiary/aromatic N) is 1. The molecule has 8 nitrogen and oxygen atoms in total. The summed E-state index contributed by atoms with van der Waals surface area (Å²) in [5.74, 6) is -0.682. The van der Waals surface area contributed by atoms with E-state index in [-0.39, 0.29) is 18.3 Å². The molecule has 4 rings (SSSR count). The summed E-state index contributed by atoms with van der Waals surface area (Å²) in [6, 6.07) is 18.7. The average molecular weight is 459 g/mol. The number of amides is 1. The number of nitrogens with one attached hydrogen (secondary N) is 2. The zero-order valence-electron chi connectivity index (χ0n) is 19.1. The first kappa shape index (κ1) is 23.0. The van der Waals surface area contributed by atoms with Gasteiger partial charge in [0.05, 0.1) is 13.0 Å². The van der Waals surface area contributed by atoms with Crippen molar-refractivity contribution >= 4 is 34.7 Å². The Balaban J connectivity index is 1.72. The molecule has 0 fully saturated rings. The predicted octanol–water partition coefficient (Wildman–Crippen LogP) is 4.35. The maximum atomic E-state index is 13.3. The molecule has 4 aromatic rings. The van der Waals surface area contributed by atoms with E-state index in [9.17, 15) is 9.59 Å². The Bertz CT molecular complexity index is 1350. The zero-order valence-corrected chi connectivity index (χ0v) is 19.1. The topological polar surface area (TPSA) is 119 Å². The third-order valence-corrected chi connectivity index (χ3v) is 5.35. The summed E-state index contributed by atoms with van der Waals surface area (Å²) in [4.78, 5) is 29.7. The van der Waals surface area contributed by atoms with Crippen LogP contribution >= 0.6 is 0 Å². The van der Waals surface area contributed by atoms with Gasteiger partial charge in [0.1, 0.15) is 5.52 Å². The third-order valence-electron chi connectivity index (χ3n) is 5.35. The second kappa shape index (κ2) is 10.2. The van der Waals surface area contributed by atoms with Crippen LogP contribution in [0.3, 0.4) is 0 Å². The molecule has 0 unspecified atom stereocenters. The van der Waals surface area contributed by atoms with Crippen molar-refractivity contribution in [3.8, 4) is 11.1 Å². The lowest BCUT2D eigenvalue weighted by atomic mass is 9.99. The number of aromatic nitrogens is 1. The van der Waals surface area contributed by atoms with Crippen molar-refractivity contribution in [3.05, 3.63) is 77.4 Å². The minimum Gasteiger partial charge on any atom is -0.466 e. The summed E-state index contributed by atoms with van der Waals surface area (Å²) >= 11 is 0. The van der Waals surface area contributed by atoms with Crippen molar-refractivity contribution in [1.82, 2.24) is 4.98 Å². The molecule has 1 aromatic heterocycles. The lowest BCUT2D eigenvalue weighted by Gasteiger charge is -2.12. The summed E-state index contributed by atoms with van der Waals surface area (Å²) in [6.07, 6.45) is 0.0648. The van der Waals surface area contributed by atoms with E-state index in [1.807, 2.05) is 30.3 Å². The maximum Gasteiger partial charge on any atom is 0.310 e. The number of nitrogens with two attached hydrogens (primary N) is 1. The number of hydrogen-bond donors (Lipinski definition) is 3. The number of esters is 1. The van der Waals surface area contributed by atoms with Gasteiger partial charge in [-0.15, -0.1) is 0 Å². The number of ether oxygens (including phenoxy) is 1. The molecule has 174 valence electrons. The van der Waals surface area contributed by atoms with Crippen LogP contribution in [0.1, 0.15) is 28.4 Å². The fourth-order valence-corrected chi connectivity index (χ4v) is 3.71. The standard InChI is InChI=1S/C26H26N4O4/c1-3-33-23(31)14-18-8-4-5-10-21(18)29-25(32)19-12-20(17-9-6-7-16(11-17)15-27)24-22(13-19)30-26(28-2)34-24/h4-13H,3,14-15,27H2,1-2H3,(H,28,30)(H,29,32). The van der Waals surface area contributed by atoms with E-state index in [2.05, 4.69) is 15.6 Å². The number of oxazole rings is 1. The number of fused-ring (bicyclic) bond motifs is 1. The Morgan fingerprint density at radius 2 is 1.91 bits per heavy atom. The number of anilines is 2. The number of hydrogen-bond acceptors (Lipinski definition) is 7. The second-order valence-electron chi connectivity index (χ2n) is 7.64. The highest BCUT2D eigenvalue weighted by Crippen LogP contribution is 2.33. The van der Waals surface area contributed by atoms with Gasteiger partial charge in [0.25, 0.3) is 11.9 Å². The number of para-hydroxylation sites is 1. The molecular weight excluding hydrogens is 432 g/mol. The molecule has 0 aliphatic carbocycles. The summed E-state index contributed by atoms with van der Waals surface area (Å²) < 4.78 is 10.9. The van der Waals surface area contributed by atoms with Crippen molar-refractivity contribution in [2.24, 2.45) is 5.73 Å². The molecule has 34 heavy (non-hydrogen) atoms. The molecule has 0 atom stereocenters. The SMILES string of the molecule is CCOC(=O)Cc1ccccc1NC(=O)c1cc(-c2cccc(CN)c2)c2oc(NC)nc2c1. The van der Waals surface area contributed by atoms with Gasteiger partial charge in [-0.3, -0.25) is 9.59 Å². The van der Waals surface area contributed by atoms with Crippen LogP contribution in [0.25, 0.3) is 22.2 Å². The van der Waals surface area contributed by atoms with Crippen LogP contribution in [0, 0.1) is 0 Å². The van der Waals surface area contributed by atoms with Gasteiger partial charge in [-0.05, 0) is 47.9 Å². The van der Waals surface area contributed by atoms with Crippen LogP contribution in [-0.4, -0.2) is 30.5 Å². The fraction of sp³-hybridized carbons (Fsp3) is 0.192. The van der Waals surface area contributed by atoms with Crippen molar-refractivity contribution in [1.29, 1.82) is 0 Å². The Morgan fingerprint density at radius 3 is 2.68 bits per heavy atom. The Kier molecular flexibility index (Phi) is 6.89. The molecule has 3 aromatic carbocycles. The van der Waals surface area contributed by atoms with Crippen molar-refractivity contribution in [2.45, 2.75) is 19.9 Å². The average Bonchev–Trinajstić information content (AvgIpc) is 3.28. The monoisotopic (exact) mass is 458 g/mol. The van der Waals surface area contributed by atoms with E-state index in [0.29, 0.717) is 47.1 Å². The van der Waals surface area contributed by atoms with E-state index < -0.39 is 0 Å². The molecule has 8 heteroatoms. The normalized spacial score (nSPS) is 10.8. The third kappa shape index (κ3) is 4.92. The van der Waals surface area contributed by atoms with Crippen LogP contribution in [0.5, 0.6) is 0 Å². The summed E-state index contributed by atoms with van der Waals surface area (Å²) in [5.41, 5.74) is 11.1. The van der Waals surface area contributed by atoms with Gasteiger partial charge in [0.2, 0.25) is 0 Å². The number of carbonyl (C=O) groups excluding carboxylic acids is 2. The van der Waals surface area contributed by atoms with Crippen molar-refractivity contribution in [3.63, 3.8) is 0 Å². The first-order valence-corrected chi connectivity index (χ1v) is 11.0. The van der Waals surface area contributed by atoms with Gasteiger partial charge >= 0.3 is 5.97 Å².